The highest BCUT2D eigenvalue weighted by Gasteiger charge is 2.29. The number of nitrogens with one attached hydrogen (secondary N) is 1. The monoisotopic (exact) mass is 224 g/mol. The molecule has 4 N–H and O–H groups in total. The van der Waals surface area contributed by atoms with Gasteiger partial charge in [0.2, 0.25) is 0 Å². The highest BCUT2D eigenvalue weighted by molar-refractivity contribution is 5.38. The van der Waals surface area contributed by atoms with E-state index in [4.69, 9.17) is 10.5 Å². The Morgan fingerprint density at radius 2 is 2.19 bits per heavy atom. The largest absolute Gasteiger partial charge is 0.388 e. The quantitative estimate of drug-likeness (QED) is 0.669. The zero-order valence-corrected chi connectivity index (χ0v) is 9.02. The van der Waals surface area contributed by atoms with E-state index in [1.54, 1.807) is 6.20 Å². The Morgan fingerprint density at radius 3 is 2.88 bits per heavy atom. The summed E-state index contributed by atoms with van der Waals surface area (Å²) >= 11 is 0. The average molecular weight is 224 g/mol. The predicted octanol–water partition coefficient (Wildman–Crippen LogP) is 0.0122. The van der Waals surface area contributed by atoms with E-state index in [2.05, 4.69) is 15.3 Å². The molecule has 0 saturated carbocycles. The third-order valence-corrected chi connectivity index (χ3v) is 2.68. The van der Waals surface area contributed by atoms with Crippen LogP contribution in [0.5, 0.6) is 0 Å². The van der Waals surface area contributed by atoms with E-state index < -0.39 is 5.60 Å². The van der Waals surface area contributed by atoms with Crippen LogP contribution in [0.4, 0.5) is 11.6 Å². The highest BCUT2D eigenvalue weighted by Crippen LogP contribution is 2.20. The van der Waals surface area contributed by atoms with Crippen molar-refractivity contribution in [3.05, 3.63) is 12.4 Å². The molecule has 1 aliphatic rings. The van der Waals surface area contributed by atoms with Crippen LogP contribution >= 0.6 is 0 Å². The number of anilines is 2. The number of aromatic nitrogens is 2. The van der Waals surface area contributed by atoms with Crippen molar-refractivity contribution in [3.8, 4) is 0 Å². The number of ether oxygens (including phenoxy) is 1. The van der Waals surface area contributed by atoms with Gasteiger partial charge in [-0.1, -0.05) is 0 Å². The van der Waals surface area contributed by atoms with Crippen LogP contribution in [-0.2, 0) is 4.74 Å². The van der Waals surface area contributed by atoms with Crippen molar-refractivity contribution in [1.29, 1.82) is 0 Å². The second-order valence-corrected chi connectivity index (χ2v) is 4.02. The zero-order valence-electron chi connectivity index (χ0n) is 9.02. The number of hydrogen-bond donors (Lipinski definition) is 3. The molecular weight excluding hydrogens is 208 g/mol. The number of nitrogens with zero attached hydrogens (tertiary/aromatic N) is 2. The Kier molecular flexibility index (Phi) is 3.21. The fourth-order valence-corrected chi connectivity index (χ4v) is 1.65. The van der Waals surface area contributed by atoms with Gasteiger partial charge in [-0.2, -0.15) is 0 Å². The second-order valence-electron chi connectivity index (χ2n) is 4.02. The number of aliphatic hydroxyl groups is 1. The molecule has 0 unspecified atom stereocenters. The summed E-state index contributed by atoms with van der Waals surface area (Å²) in [6.07, 6.45) is 4.33. The smallest absolute Gasteiger partial charge is 0.147 e. The molecule has 1 saturated heterocycles. The number of nitrogen functional groups attached to an aromatic ring is 1. The minimum Gasteiger partial charge on any atom is -0.388 e. The molecule has 0 aromatic carbocycles. The van der Waals surface area contributed by atoms with Crippen molar-refractivity contribution in [2.75, 3.05) is 30.8 Å². The number of rotatable bonds is 3. The van der Waals surface area contributed by atoms with Crippen LogP contribution in [0.2, 0.25) is 0 Å². The first-order valence-electron chi connectivity index (χ1n) is 5.29. The molecular formula is C10H16N4O2. The standard InChI is InChI=1S/C10H16N4O2/c11-8-5-12-6-9(14-8)13-7-10(15)1-3-16-4-2-10/h5-6,15H,1-4,7H2,(H3,11,13,14). The predicted molar refractivity (Wildman–Crippen MR) is 59.9 cm³/mol. The first-order valence-corrected chi connectivity index (χ1v) is 5.29. The first-order chi connectivity index (χ1) is 7.68. The molecule has 0 bridgehead atoms. The lowest BCUT2D eigenvalue weighted by molar-refractivity contribution is -0.0543. The maximum absolute atomic E-state index is 10.2. The fraction of sp³-hybridized carbons (Fsp3) is 0.600. The molecule has 0 atom stereocenters. The van der Waals surface area contributed by atoms with Crippen molar-refractivity contribution < 1.29 is 9.84 Å². The Hall–Kier alpha value is -1.40. The lowest BCUT2D eigenvalue weighted by atomic mass is 9.94. The fourth-order valence-electron chi connectivity index (χ4n) is 1.65. The summed E-state index contributed by atoms with van der Waals surface area (Å²) in [6.45, 7) is 1.63. The normalized spacial score (nSPS) is 19.3. The molecule has 2 rings (SSSR count). The van der Waals surface area contributed by atoms with E-state index in [1.807, 2.05) is 0 Å². The van der Waals surface area contributed by atoms with Crippen molar-refractivity contribution in [2.45, 2.75) is 18.4 Å². The zero-order chi connectivity index (χ0) is 11.4. The first kappa shape index (κ1) is 11.1. The molecule has 0 radical (unpaired) electrons. The van der Waals surface area contributed by atoms with Gasteiger partial charge in [0.1, 0.15) is 11.6 Å². The summed E-state index contributed by atoms with van der Waals surface area (Å²) in [5.41, 5.74) is 4.79. The van der Waals surface area contributed by atoms with Gasteiger partial charge in [0.05, 0.1) is 18.0 Å². The third kappa shape index (κ3) is 2.80. The molecule has 2 heterocycles. The molecule has 0 spiro atoms. The van der Waals surface area contributed by atoms with Crippen LogP contribution < -0.4 is 11.1 Å². The minimum absolute atomic E-state index is 0.365. The van der Waals surface area contributed by atoms with Gasteiger partial charge in [-0.15, -0.1) is 0 Å². The lowest BCUT2D eigenvalue weighted by Gasteiger charge is -2.32. The minimum atomic E-state index is -0.718. The summed E-state index contributed by atoms with van der Waals surface area (Å²) < 4.78 is 5.20. The molecule has 1 aromatic heterocycles. The summed E-state index contributed by atoms with van der Waals surface area (Å²) in [5, 5.41) is 13.2. The number of hydrogen-bond acceptors (Lipinski definition) is 6. The van der Waals surface area contributed by atoms with Gasteiger partial charge in [-0.25, -0.2) is 4.98 Å². The van der Waals surface area contributed by atoms with Gasteiger partial charge in [0.25, 0.3) is 0 Å². The maximum Gasteiger partial charge on any atom is 0.147 e. The second kappa shape index (κ2) is 4.63. The van der Waals surface area contributed by atoms with Crippen molar-refractivity contribution in [1.82, 2.24) is 9.97 Å². The molecule has 6 heteroatoms. The summed E-state index contributed by atoms with van der Waals surface area (Å²) in [6, 6.07) is 0. The van der Waals surface area contributed by atoms with Crippen LogP contribution in [0.15, 0.2) is 12.4 Å². The average Bonchev–Trinajstić information content (AvgIpc) is 2.28. The van der Waals surface area contributed by atoms with E-state index in [1.165, 1.54) is 6.20 Å². The van der Waals surface area contributed by atoms with Gasteiger partial charge in [0, 0.05) is 32.6 Å². The van der Waals surface area contributed by atoms with E-state index in [0.717, 1.165) is 0 Å². The Morgan fingerprint density at radius 1 is 1.44 bits per heavy atom. The van der Waals surface area contributed by atoms with Crippen LogP contribution in [0.25, 0.3) is 0 Å². The van der Waals surface area contributed by atoms with Gasteiger partial charge in [-0.3, -0.25) is 4.98 Å². The molecule has 1 aliphatic heterocycles. The van der Waals surface area contributed by atoms with Gasteiger partial charge in [-0.05, 0) is 0 Å². The highest BCUT2D eigenvalue weighted by atomic mass is 16.5. The van der Waals surface area contributed by atoms with Crippen molar-refractivity contribution in [3.63, 3.8) is 0 Å². The van der Waals surface area contributed by atoms with E-state index in [-0.39, 0.29) is 0 Å². The van der Waals surface area contributed by atoms with Crippen LogP contribution in [-0.4, -0.2) is 40.4 Å². The Bertz CT molecular complexity index is 352. The van der Waals surface area contributed by atoms with Crippen LogP contribution in [0, 0.1) is 0 Å². The van der Waals surface area contributed by atoms with Crippen LogP contribution in [0.1, 0.15) is 12.8 Å². The summed E-state index contributed by atoms with van der Waals surface area (Å²) in [5.74, 6) is 0.948. The molecule has 88 valence electrons. The van der Waals surface area contributed by atoms with E-state index in [9.17, 15) is 5.11 Å². The number of nitrogens with two attached hydrogens (primary N) is 1. The molecule has 16 heavy (non-hydrogen) atoms. The molecule has 1 aromatic rings. The molecule has 6 nitrogen and oxygen atoms in total. The molecule has 1 fully saturated rings. The Labute approximate surface area is 93.9 Å². The van der Waals surface area contributed by atoms with Crippen LogP contribution in [0.3, 0.4) is 0 Å². The van der Waals surface area contributed by atoms with Gasteiger partial charge < -0.3 is 20.9 Å². The van der Waals surface area contributed by atoms with Crippen molar-refractivity contribution in [2.24, 2.45) is 0 Å². The molecule has 0 aliphatic carbocycles. The van der Waals surface area contributed by atoms with E-state index >= 15 is 0 Å². The molecule has 0 amide bonds. The van der Waals surface area contributed by atoms with Crippen molar-refractivity contribution >= 4 is 11.6 Å². The van der Waals surface area contributed by atoms with Gasteiger partial charge >= 0.3 is 0 Å². The Balaban J connectivity index is 1.91. The topological polar surface area (TPSA) is 93.3 Å². The third-order valence-electron chi connectivity index (χ3n) is 2.68. The summed E-state index contributed by atoms with van der Waals surface area (Å²) in [7, 11) is 0. The SMILES string of the molecule is Nc1cncc(NCC2(O)CCOCC2)n1. The van der Waals surface area contributed by atoms with E-state index in [0.29, 0.717) is 44.2 Å². The summed E-state index contributed by atoms with van der Waals surface area (Å²) in [4.78, 5) is 7.96. The lowest BCUT2D eigenvalue weighted by Crippen LogP contribution is -2.42. The maximum atomic E-state index is 10.2. The van der Waals surface area contributed by atoms with Gasteiger partial charge in [0.15, 0.2) is 0 Å².